The number of nitrogens with one attached hydrogen (secondary N) is 1. The molecule has 2 aromatic rings. The molecule has 0 saturated heterocycles. The molecule has 106 valence electrons. The number of hydrogen-bond donors (Lipinski definition) is 2. The number of nitrogens with zero attached hydrogens (tertiary/aromatic N) is 2. The fraction of sp³-hybridized carbons (Fsp3) is 0.357. The van der Waals surface area contributed by atoms with E-state index < -0.39 is 5.97 Å². The molecule has 5 nitrogen and oxygen atoms in total. The highest BCUT2D eigenvalue weighted by atomic mass is 32.1. The average molecular weight is 291 g/mol. The summed E-state index contributed by atoms with van der Waals surface area (Å²) in [6.07, 6.45) is 2.70. The van der Waals surface area contributed by atoms with Crippen molar-refractivity contribution in [2.45, 2.75) is 33.4 Å². The smallest absolute Gasteiger partial charge is 0.339 e. The lowest BCUT2D eigenvalue weighted by atomic mass is 10.1. The third kappa shape index (κ3) is 3.20. The van der Waals surface area contributed by atoms with Crippen molar-refractivity contribution in [1.82, 2.24) is 15.3 Å². The molecule has 2 N–H and O–H groups in total. The number of rotatable bonds is 5. The van der Waals surface area contributed by atoms with E-state index in [0.717, 1.165) is 0 Å². The minimum Gasteiger partial charge on any atom is -0.478 e. The van der Waals surface area contributed by atoms with Crippen LogP contribution in [0.4, 0.5) is 0 Å². The number of aromatic carboxylic acids is 1. The summed E-state index contributed by atoms with van der Waals surface area (Å²) in [5.74, 6) is -1.00. The van der Waals surface area contributed by atoms with E-state index in [4.69, 9.17) is 5.11 Å². The predicted molar refractivity (Wildman–Crippen MR) is 78.0 cm³/mol. The van der Waals surface area contributed by atoms with E-state index in [0.29, 0.717) is 12.2 Å². The van der Waals surface area contributed by atoms with Gasteiger partial charge >= 0.3 is 5.97 Å². The van der Waals surface area contributed by atoms with E-state index in [1.54, 1.807) is 11.3 Å². The van der Waals surface area contributed by atoms with Gasteiger partial charge in [-0.15, -0.1) is 11.3 Å². The third-order valence-corrected chi connectivity index (χ3v) is 4.13. The van der Waals surface area contributed by atoms with Crippen molar-refractivity contribution >= 4 is 17.3 Å². The van der Waals surface area contributed by atoms with Gasteiger partial charge in [0.2, 0.25) is 0 Å². The normalized spacial score (nSPS) is 12.3. The zero-order valence-electron chi connectivity index (χ0n) is 11.7. The Hall–Kier alpha value is -1.79. The molecule has 0 aliphatic heterocycles. The van der Waals surface area contributed by atoms with Crippen molar-refractivity contribution in [3.05, 3.63) is 45.2 Å². The van der Waals surface area contributed by atoms with E-state index in [2.05, 4.69) is 42.1 Å². The van der Waals surface area contributed by atoms with Gasteiger partial charge in [0, 0.05) is 28.5 Å². The van der Waals surface area contributed by atoms with Gasteiger partial charge in [0.1, 0.15) is 11.9 Å². The van der Waals surface area contributed by atoms with Crippen LogP contribution in [-0.4, -0.2) is 21.0 Å². The quantitative estimate of drug-likeness (QED) is 0.886. The summed E-state index contributed by atoms with van der Waals surface area (Å²) in [4.78, 5) is 21.4. The van der Waals surface area contributed by atoms with Crippen LogP contribution in [-0.2, 0) is 6.54 Å². The van der Waals surface area contributed by atoms with Gasteiger partial charge in [-0.05, 0) is 32.4 Å². The van der Waals surface area contributed by atoms with Crippen molar-refractivity contribution in [2.24, 2.45) is 0 Å². The number of hydrogen-bond acceptors (Lipinski definition) is 5. The minimum atomic E-state index is -1.00. The fourth-order valence-electron chi connectivity index (χ4n) is 2.11. The molecule has 2 rings (SSSR count). The van der Waals surface area contributed by atoms with Crippen LogP contribution in [0.1, 0.15) is 44.3 Å². The molecular weight excluding hydrogens is 274 g/mol. The summed E-state index contributed by atoms with van der Waals surface area (Å²) in [6.45, 7) is 6.65. The minimum absolute atomic E-state index is 0.144. The molecule has 0 amide bonds. The topological polar surface area (TPSA) is 75.1 Å². The largest absolute Gasteiger partial charge is 0.478 e. The molecular formula is C14H17N3O2S. The number of carboxylic acid groups (broad SMARTS) is 1. The molecule has 0 aliphatic carbocycles. The lowest BCUT2D eigenvalue weighted by molar-refractivity contribution is 0.0694. The first-order valence-electron chi connectivity index (χ1n) is 6.31. The number of aryl methyl sites for hydroxylation is 2. The molecule has 1 atom stereocenters. The zero-order valence-corrected chi connectivity index (χ0v) is 12.5. The van der Waals surface area contributed by atoms with E-state index in [1.165, 1.54) is 27.8 Å². The van der Waals surface area contributed by atoms with Crippen molar-refractivity contribution in [3.63, 3.8) is 0 Å². The Balaban J connectivity index is 2.09. The molecule has 0 aromatic carbocycles. The lowest BCUT2D eigenvalue weighted by Crippen LogP contribution is -2.21. The Morgan fingerprint density at radius 3 is 2.85 bits per heavy atom. The molecule has 6 heteroatoms. The second kappa shape index (κ2) is 6.11. The van der Waals surface area contributed by atoms with Crippen LogP contribution in [0, 0.1) is 13.8 Å². The molecule has 2 aromatic heterocycles. The molecule has 0 spiro atoms. The molecule has 1 unspecified atom stereocenters. The lowest BCUT2D eigenvalue weighted by Gasteiger charge is -2.14. The molecule has 0 bridgehead atoms. The Kier molecular flexibility index (Phi) is 4.46. The SMILES string of the molecule is Cc1cc(C(C)NCc2ncncc2C(=O)O)c(C)s1. The Labute approximate surface area is 121 Å². The standard InChI is InChI=1S/C14H17N3O2S/c1-8-4-11(10(3)20-8)9(2)16-6-13-12(14(18)19)5-15-7-17-13/h4-5,7,9,16H,6H2,1-3H3,(H,18,19). The van der Waals surface area contributed by atoms with E-state index in [9.17, 15) is 4.79 Å². The number of thiophene rings is 1. The third-order valence-electron chi connectivity index (χ3n) is 3.15. The zero-order chi connectivity index (χ0) is 14.7. The van der Waals surface area contributed by atoms with Gasteiger partial charge in [-0.3, -0.25) is 0 Å². The summed E-state index contributed by atoms with van der Waals surface area (Å²) < 4.78 is 0. The van der Waals surface area contributed by atoms with Gasteiger partial charge in [-0.1, -0.05) is 0 Å². The Morgan fingerprint density at radius 2 is 2.25 bits per heavy atom. The van der Waals surface area contributed by atoms with Gasteiger partial charge in [-0.25, -0.2) is 14.8 Å². The summed E-state index contributed by atoms with van der Waals surface area (Å²) >= 11 is 1.77. The molecule has 0 fully saturated rings. The van der Waals surface area contributed by atoms with Gasteiger partial charge in [-0.2, -0.15) is 0 Å². The van der Waals surface area contributed by atoms with Crippen LogP contribution in [0.5, 0.6) is 0 Å². The van der Waals surface area contributed by atoms with E-state index in [1.807, 2.05) is 0 Å². The molecule has 2 heterocycles. The van der Waals surface area contributed by atoms with Crippen LogP contribution in [0.3, 0.4) is 0 Å². The van der Waals surface area contributed by atoms with Gasteiger partial charge in [0.05, 0.1) is 5.69 Å². The predicted octanol–water partition coefficient (Wildman–Crippen LogP) is 2.70. The maximum atomic E-state index is 11.1. The first kappa shape index (κ1) is 14.6. The average Bonchev–Trinajstić information content (AvgIpc) is 2.75. The van der Waals surface area contributed by atoms with Gasteiger partial charge in [0.25, 0.3) is 0 Å². The van der Waals surface area contributed by atoms with Crippen LogP contribution >= 0.6 is 11.3 Å². The highest BCUT2D eigenvalue weighted by Crippen LogP contribution is 2.26. The van der Waals surface area contributed by atoms with Crippen molar-refractivity contribution in [1.29, 1.82) is 0 Å². The Morgan fingerprint density at radius 1 is 1.50 bits per heavy atom. The number of carboxylic acids is 1. The second-order valence-electron chi connectivity index (χ2n) is 4.66. The number of carbonyl (C=O) groups is 1. The van der Waals surface area contributed by atoms with Crippen LogP contribution < -0.4 is 5.32 Å². The monoisotopic (exact) mass is 291 g/mol. The number of aromatic nitrogens is 2. The summed E-state index contributed by atoms with van der Waals surface area (Å²) in [7, 11) is 0. The van der Waals surface area contributed by atoms with Crippen molar-refractivity contribution in [2.75, 3.05) is 0 Å². The summed E-state index contributed by atoms with van der Waals surface area (Å²) in [5.41, 5.74) is 1.90. The molecule has 0 aliphatic rings. The van der Waals surface area contributed by atoms with Crippen molar-refractivity contribution in [3.8, 4) is 0 Å². The fourth-order valence-corrected chi connectivity index (χ4v) is 3.14. The Bertz CT molecular complexity index is 625. The van der Waals surface area contributed by atoms with Gasteiger partial charge < -0.3 is 10.4 Å². The van der Waals surface area contributed by atoms with Crippen LogP contribution in [0.25, 0.3) is 0 Å². The molecule has 0 saturated carbocycles. The first-order valence-corrected chi connectivity index (χ1v) is 7.13. The maximum absolute atomic E-state index is 11.1. The highest BCUT2D eigenvalue weighted by Gasteiger charge is 2.14. The second-order valence-corrected chi connectivity index (χ2v) is 6.12. The highest BCUT2D eigenvalue weighted by molar-refractivity contribution is 7.12. The van der Waals surface area contributed by atoms with Crippen molar-refractivity contribution < 1.29 is 9.90 Å². The maximum Gasteiger partial charge on any atom is 0.339 e. The van der Waals surface area contributed by atoms with Crippen LogP contribution in [0.15, 0.2) is 18.6 Å². The first-order chi connectivity index (χ1) is 9.49. The van der Waals surface area contributed by atoms with E-state index >= 15 is 0 Å². The van der Waals surface area contributed by atoms with Crippen LogP contribution in [0.2, 0.25) is 0 Å². The van der Waals surface area contributed by atoms with E-state index in [-0.39, 0.29) is 11.6 Å². The molecule has 0 radical (unpaired) electrons. The summed E-state index contributed by atoms with van der Waals surface area (Å²) in [5, 5.41) is 12.4. The van der Waals surface area contributed by atoms with Gasteiger partial charge in [0.15, 0.2) is 0 Å². The molecule has 20 heavy (non-hydrogen) atoms. The summed E-state index contributed by atoms with van der Waals surface area (Å²) in [6, 6.07) is 2.31.